The number of carbonyl (C=O) groups excluding carboxylic acids is 2. The molecule has 0 rings (SSSR count). The van der Waals surface area contributed by atoms with E-state index >= 15 is 0 Å². The summed E-state index contributed by atoms with van der Waals surface area (Å²) < 4.78 is 4.96. The lowest BCUT2D eigenvalue weighted by molar-refractivity contribution is -0.159. The number of hydrogen-bond donors (Lipinski definition) is 0. The van der Waals surface area contributed by atoms with Crippen molar-refractivity contribution in [1.82, 2.24) is 0 Å². The zero-order valence-electron chi connectivity index (χ0n) is 21.2. The molecule has 0 aliphatic carbocycles. The third-order valence-electron chi connectivity index (χ3n) is 6.20. The molecule has 0 heterocycles. The summed E-state index contributed by atoms with van der Waals surface area (Å²) in [7, 11) is 0. The summed E-state index contributed by atoms with van der Waals surface area (Å²) in [6.45, 7) is 4.51. The van der Waals surface area contributed by atoms with Gasteiger partial charge in [0.1, 0.15) is 0 Å². The minimum absolute atomic E-state index is 0.330. The van der Waals surface area contributed by atoms with Crippen molar-refractivity contribution >= 4 is 11.9 Å². The van der Waals surface area contributed by atoms with Gasteiger partial charge in [-0.1, -0.05) is 142 Å². The van der Waals surface area contributed by atoms with Crippen LogP contribution in [0.3, 0.4) is 0 Å². The monoisotopic (exact) mass is 438 g/mol. The highest BCUT2D eigenvalue weighted by Crippen LogP contribution is 2.14. The fraction of sp³-hybridized carbons (Fsp3) is 0.929. The van der Waals surface area contributed by atoms with E-state index in [1.807, 2.05) is 0 Å². The molecule has 0 aromatic carbocycles. The van der Waals surface area contributed by atoms with Crippen LogP contribution < -0.4 is 0 Å². The Kier molecular flexibility index (Phi) is 24.7. The van der Waals surface area contributed by atoms with Gasteiger partial charge in [-0.05, 0) is 12.8 Å². The van der Waals surface area contributed by atoms with Crippen molar-refractivity contribution in [2.24, 2.45) is 0 Å². The molecule has 0 aromatic heterocycles. The first-order valence-corrected chi connectivity index (χ1v) is 13.9. The average Bonchev–Trinajstić information content (AvgIpc) is 2.75. The summed E-state index contributed by atoms with van der Waals surface area (Å²) in [4.78, 5) is 23.5. The SMILES string of the molecule is CCCCCCCCCCCCCC(=O)OC(=O)CCCCCCCCCCCCC. The molecule has 0 unspecified atom stereocenters. The van der Waals surface area contributed by atoms with E-state index in [1.165, 1.54) is 116 Å². The number of carbonyl (C=O) groups is 2. The summed E-state index contributed by atoms with van der Waals surface area (Å²) in [5.74, 6) is -0.659. The van der Waals surface area contributed by atoms with Crippen molar-refractivity contribution in [1.29, 1.82) is 0 Å². The molecule has 0 saturated carbocycles. The molecule has 31 heavy (non-hydrogen) atoms. The Bertz CT molecular complexity index is 356. The van der Waals surface area contributed by atoms with Gasteiger partial charge in [0, 0.05) is 12.8 Å². The molecule has 0 aliphatic heterocycles. The molecule has 3 heteroatoms. The first-order valence-electron chi connectivity index (χ1n) is 13.9. The normalized spacial score (nSPS) is 11.0. The highest BCUT2D eigenvalue weighted by atomic mass is 16.6. The van der Waals surface area contributed by atoms with Crippen LogP contribution in [0.2, 0.25) is 0 Å². The van der Waals surface area contributed by atoms with Crippen molar-refractivity contribution in [3.8, 4) is 0 Å². The molecule has 184 valence electrons. The Morgan fingerprint density at radius 1 is 0.387 bits per heavy atom. The largest absolute Gasteiger partial charge is 0.393 e. The van der Waals surface area contributed by atoms with Gasteiger partial charge in [-0.3, -0.25) is 9.59 Å². The second-order valence-corrected chi connectivity index (χ2v) is 9.42. The highest BCUT2D eigenvalue weighted by Gasteiger charge is 2.09. The number of hydrogen-bond acceptors (Lipinski definition) is 3. The van der Waals surface area contributed by atoms with Crippen LogP contribution in [0.1, 0.15) is 168 Å². The Labute approximate surface area is 194 Å². The highest BCUT2D eigenvalue weighted by molar-refractivity contribution is 5.85. The van der Waals surface area contributed by atoms with Gasteiger partial charge in [0.25, 0.3) is 0 Å². The predicted molar refractivity (Wildman–Crippen MR) is 133 cm³/mol. The molecule has 3 nitrogen and oxygen atoms in total. The van der Waals surface area contributed by atoms with Crippen LogP contribution in [0, 0.1) is 0 Å². The zero-order chi connectivity index (χ0) is 22.8. The van der Waals surface area contributed by atoms with Crippen LogP contribution in [-0.2, 0) is 14.3 Å². The van der Waals surface area contributed by atoms with E-state index < -0.39 is 0 Å². The third kappa shape index (κ3) is 25.3. The van der Waals surface area contributed by atoms with Crippen LogP contribution in [-0.4, -0.2) is 11.9 Å². The van der Waals surface area contributed by atoms with Crippen LogP contribution in [0.4, 0.5) is 0 Å². The first kappa shape index (κ1) is 30.1. The number of ether oxygens (including phenoxy) is 1. The van der Waals surface area contributed by atoms with E-state index in [0.29, 0.717) is 12.8 Å². The minimum atomic E-state index is -0.330. The summed E-state index contributed by atoms with van der Waals surface area (Å²) in [6, 6.07) is 0. The van der Waals surface area contributed by atoms with Gasteiger partial charge in [0.15, 0.2) is 0 Å². The van der Waals surface area contributed by atoms with Gasteiger partial charge in [-0.25, -0.2) is 0 Å². The maximum atomic E-state index is 11.8. The maximum absolute atomic E-state index is 11.8. The molecule has 0 aromatic rings. The lowest BCUT2D eigenvalue weighted by Crippen LogP contribution is -2.11. The maximum Gasteiger partial charge on any atom is 0.313 e. The standard InChI is InChI=1S/C28H54O3/c1-3-5-7-9-11-13-15-17-19-21-23-25-27(29)31-28(30)26-24-22-20-18-16-14-12-10-8-6-4-2/h3-26H2,1-2H3. The molecule has 0 spiro atoms. The molecule has 0 aliphatic rings. The topological polar surface area (TPSA) is 43.4 Å². The number of unbranched alkanes of at least 4 members (excludes halogenated alkanes) is 20. The number of esters is 2. The minimum Gasteiger partial charge on any atom is -0.393 e. The second-order valence-electron chi connectivity index (χ2n) is 9.42. The van der Waals surface area contributed by atoms with Gasteiger partial charge in [-0.15, -0.1) is 0 Å². The average molecular weight is 439 g/mol. The van der Waals surface area contributed by atoms with Crippen molar-refractivity contribution in [3.63, 3.8) is 0 Å². The van der Waals surface area contributed by atoms with Gasteiger partial charge < -0.3 is 4.74 Å². The van der Waals surface area contributed by atoms with Crippen LogP contribution in [0.25, 0.3) is 0 Å². The third-order valence-corrected chi connectivity index (χ3v) is 6.20. The van der Waals surface area contributed by atoms with E-state index in [1.54, 1.807) is 0 Å². The zero-order valence-corrected chi connectivity index (χ0v) is 21.2. The molecule has 0 radical (unpaired) electrons. The van der Waals surface area contributed by atoms with E-state index in [4.69, 9.17) is 4.74 Å². The fourth-order valence-corrected chi connectivity index (χ4v) is 4.10. The summed E-state index contributed by atoms with van der Waals surface area (Å²) in [6.07, 6.45) is 28.5. The van der Waals surface area contributed by atoms with E-state index in [2.05, 4.69) is 13.8 Å². The Morgan fingerprint density at radius 3 is 0.871 bits per heavy atom. The van der Waals surface area contributed by atoms with Crippen molar-refractivity contribution in [2.75, 3.05) is 0 Å². The van der Waals surface area contributed by atoms with E-state index in [9.17, 15) is 9.59 Å². The van der Waals surface area contributed by atoms with Crippen molar-refractivity contribution in [3.05, 3.63) is 0 Å². The lowest BCUT2D eigenvalue weighted by Gasteiger charge is -2.05. The Hall–Kier alpha value is -0.860. The summed E-state index contributed by atoms with van der Waals surface area (Å²) in [5.41, 5.74) is 0. The molecular formula is C28H54O3. The molecule has 0 amide bonds. The quantitative estimate of drug-likeness (QED) is 0.0856. The first-order chi connectivity index (χ1) is 15.2. The smallest absolute Gasteiger partial charge is 0.313 e. The lowest BCUT2D eigenvalue weighted by atomic mass is 10.1. The summed E-state index contributed by atoms with van der Waals surface area (Å²) in [5, 5.41) is 0. The predicted octanol–water partition coefficient (Wildman–Crippen LogP) is 9.46. The molecule has 0 bridgehead atoms. The van der Waals surface area contributed by atoms with Crippen molar-refractivity contribution < 1.29 is 14.3 Å². The van der Waals surface area contributed by atoms with Gasteiger partial charge >= 0.3 is 11.9 Å². The van der Waals surface area contributed by atoms with E-state index in [0.717, 1.165) is 25.7 Å². The van der Waals surface area contributed by atoms with E-state index in [-0.39, 0.29) is 11.9 Å². The van der Waals surface area contributed by atoms with Gasteiger partial charge in [-0.2, -0.15) is 0 Å². The Balaban J connectivity index is 3.31. The van der Waals surface area contributed by atoms with Crippen LogP contribution >= 0.6 is 0 Å². The Morgan fingerprint density at radius 2 is 0.613 bits per heavy atom. The summed E-state index contributed by atoms with van der Waals surface area (Å²) >= 11 is 0. The van der Waals surface area contributed by atoms with Crippen molar-refractivity contribution in [2.45, 2.75) is 168 Å². The van der Waals surface area contributed by atoms with Crippen LogP contribution in [0.5, 0.6) is 0 Å². The second kappa shape index (κ2) is 25.4. The number of rotatable bonds is 24. The van der Waals surface area contributed by atoms with Gasteiger partial charge in [0.05, 0.1) is 0 Å². The molecule has 0 atom stereocenters. The molecule has 0 N–H and O–H groups in total. The van der Waals surface area contributed by atoms with Crippen LogP contribution in [0.15, 0.2) is 0 Å². The van der Waals surface area contributed by atoms with Gasteiger partial charge in [0.2, 0.25) is 0 Å². The molecule has 0 saturated heterocycles. The molecule has 0 fully saturated rings. The molecular weight excluding hydrogens is 384 g/mol. The fourth-order valence-electron chi connectivity index (χ4n) is 4.10.